The molecule has 2 aromatic carbocycles. The average molecular weight is 467 g/mol. The van der Waals surface area contributed by atoms with Crippen LogP contribution in [0.1, 0.15) is 37.2 Å². The number of halogens is 3. The van der Waals surface area contributed by atoms with Crippen molar-refractivity contribution in [3.8, 4) is 11.1 Å². The number of hydrogen-bond donors (Lipinski definition) is 1. The number of carbonyl (C=O) groups is 1. The van der Waals surface area contributed by atoms with Gasteiger partial charge in [0.2, 0.25) is 15.9 Å². The fraction of sp³-hybridized carbons (Fsp3) is 0.435. The molecule has 3 atom stereocenters. The highest BCUT2D eigenvalue weighted by Crippen LogP contribution is 2.52. The van der Waals surface area contributed by atoms with E-state index in [0.29, 0.717) is 44.3 Å². The SMILES string of the molecule is CS(=O)(=O)NC1CCCN(C(=O)C2CC2c2cc(F)ccc2-c2c(F)cccc2F)CC1. The number of sulfonamides is 1. The van der Waals surface area contributed by atoms with Gasteiger partial charge in [0.05, 0.1) is 11.8 Å². The molecule has 1 saturated carbocycles. The fourth-order valence-electron chi connectivity index (χ4n) is 4.61. The highest BCUT2D eigenvalue weighted by molar-refractivity contribution is 7.88. The maximum atomic E-state index is 14.4. The fourth-order valence-corrected chi connectivity index (χ4v) is 5.45. The smallest absolute Gasteiger partial charge is 0.226 e. The van der Waals surface area contributed by atoms with Crippen LogP contribution in [0.15, 0.2) is 36.4 Å². The highest BCUT2D eigenvalue weighted by atomic mass is 32.2. The van der Waals surface area contributed by atoms with E-state index in [2.05, 4.69) is 4.72 Å². The zero-order valence-electron chi connectivity index (χ0n) is 17.7. The van der Waals surface area contributed by atoms with E-state index in [1.54, 1.807) is 4.90 Å². The van der Waals surface area contributed by atoms with Crippen LogP contribution in [-0.4, -0.2) is 44.6 Å². The Labute approximate surface area is 185 Å². The van der Waals surface area contributed by atoms with E-state index in [1.165, 1.54) is 18.2 Å². The number of amides is 1. The van der Waals surface area contributed by atoms with Crippen LogP contribution in [-0.2, 0) is 14.8 Å². The minimum absolute atomic E-state index is 0.0841. The predicted octanol–water partition coefficient (Wildman–Crippen LogP) is 3.80. The summed E-state index contributed by atoms with van der Waals surface area (Å²) in [5.41, 5.74) is 0.472. The molecule has 3 unspecified atom stereocenters. The lowest BCUT2D eigenvalue weighted by Gasteiger charge is -2.21. The summed E-state index contributed by atoms with van der Waals surface area (Å²) < 4.78 is 68.4. The van der Waals surface area contributed by atoms with Gasteiger partial charge in [-0.2, -0.15) is 0 Å². The predicted molar refractivity (Wildman–Crippen MR) is 115 cm³/mol. The van der Waals surface area contributed by atoms with Crippen LogP contribution in [0.5, 0.6) is 0 Å². The molecule has 1 aliphatic heterocycles. The topological polar surface area (TPSA) is 66.5 Å². The molecule has 1 amide bonds. The van der Waals surface area contributed by atoms with Crippen molar-refractivity contribution in [1.29, 1.82) is 0 Å². The van der Waals surface area contributed by atoms with E-state index >= 15 is 0 Å². The van der Waals surface area contributed by atoms with Crippen molar-refractivity contribution >= 4 is 15.9 Å². The molecule has 0 aromatic heterocycles. The molecule has 9 heteroatoms. The Hall–Kier alpha value is -2.39. The van der Waals surface area contributed by atoms with Gasteiger partial charge in [-0.3, -0.25) is 4.79 Å². The van der Waals surface area contributed by atoms with Gasteiger partial charge in [0, 0.05) is 25.0 Å². The van der Waals surface area contributed by atoms with Gasteiger partial charge >= 0.3 is 0 Å². The maximum absolute atomic E-state index is 14.4. The second kappa shape index (κ2) is 8.86. The van der Waals surface area contributed by atoms with E-state index in [-0.39, 0.29) is 34.9 Å². The van der Waals surface area contributed by atoms with Crippen molar-refractivity contribution in [2.45, 2.75) is 37.6 Å². The summed E-state index contributed by atoms with van der Waals surface area (Å²) in [5, 5.41) is 0. The number of hydrogen-bond acceptors (Lipinski definition) is 3. The van der Waals surface area contributed by atoms with E-state index in [1.807, 2.05) is 0 Å². The molecule has 1 saturated heterocycles. The van der Waals surface area contributed by atoms with Crippen molar-refractivity contribution in [2.24, 2.45) is 5.92 Å². The quantitative estimate of drug-likeness (QED) is 0.729. The molecule has 2 fully saturated rings. The van der Waals surface area contributed by atoms with Crippen molar-refractivity contribution in [1.82, 2.24) is 9.62 Å². The van der Waals surface area contributed by atoms with E-state index in [0.717, 1.165) is 24.5 Å². The molecule has 1 heterocycles. The van der Waals surface area contributed by atoms with Crippen LogP contribution in [0.25, 0.3) is 11.1 Å². The normalized spacial score (nSPS) is 23.6. The lowest BCUT2D eigenvalue weighted by atomic mass is 9.94. The van der Waals surface area contributed by atoms with Crippen molar-refractivity contribution in [3.05, 3.63) is 59.4 Å². The van der Waals surface area contributed by atoms with Gasteiger partial charge in [0.15, 0.2) is 0 Å². The summed E-state index contributed by atoms with van der Waals surface area (Å²) in [6, 6.07) is 7.14. The van der Waals surface area contributed by atoms with Gasteiger partial charge in [0.1, 0.15) is 17.5 Å². The van der Waals surface area contributed by atoms with Crippen LogP contribution < -0.4 is 4.72 Å². The molecule has 172 valence electrons. The largest absolute Gasteiger partial charge is 0.342 e. The van der Waals surface area contributed by atoms with Crippen molar-refractivity contribution in [3.63, 3.8) is 0 Å². The Kier molecular flexibility index (Phi) is 6.31. The number of carbonyl (C=O) groups excluding carboxylic acids is 1. The zero-order chi connectivity index (χ0) is 23.0. The second-order valence-corrected chi connectivity index (χ2v) is 10.4. The molecule has 1 aliphatic carbocycles. The minimum atomic E-state index is -3.32. The van der Waals surface area contributed by atoms with Crippen LogP contribution in [0.4, 0.5) is 13.2 Å². The molecule has 32 heavy (non-hydrogen) atoms. The first-order valence-corrected chi connectivity index (χ1v) is 12.5. The van der Waals surface area contributed by atoms with Crippen LogP contribution >= 0.6 is 0 Å². The third kappa shape index (κ3) is 4.99. The number of nitrogens with zero attached hydrogens (tertiary/aromatic N) is 1. The Morgan fingerprint density at radius 3 is 2.47 bits per heavy atom. The molecule has 1 N–H and O–H groups in total. The minimum Gasteiger partial charge on any atom is -0.342 e. The van der Waals surface area contributed by atoms with Gasteiger partial charge in [-0.15, -0.1) is 0 Å². The summed E-state index contributed by atoms with van der Waals surface area (Å²) in [6.07, 6.45) is 3.42. The van der Waals surface area contributed by atoms with Gasteiger partial charge in [-0.1, -0.05) is 12.1 Å². The molecule has 0 radical (unpaired) electrons. The first-order valence-electron chi connectivity index (χ1n) is 10.6. The van der Waals surface area contributed by atoms with E-state index in [4.69, 9.17) is 0 Å². The van der Waals surface area contributed by atoms with Crippen molar-refractivity contribution in [2.75, 3.05) is 19.3 Å². The number of likely N-dealkylation sites (tertiary alicyclic amines) is 1. The standard InChI is InChI=1S/C23H25F3N2O3S/c1-32(30,31)27-15-4-3-10-28(11-9-15)23(29)19-13-18(19)17-12-14(24)7-8-16(17)22-20(25)5-2-6-21(22)26/h2,5-8,12,15,18-19,27H,3-4,9-11,13H2,1H3. The summed E-state index contributed by atoms with van der Waals surface area (Å²) in [6.45, 7) is 0.940. The third-order valence-corrected chi connectivity index (χ3v) is 6.93. The number of nitrogens with one attached hydrogen (secondary N) is 1. The summed E-state index contributed by atoms with van der Waals surface area (Å²) in [5.74, 6) is -2.79. The van der Waals surface area contributed by atoms with Gasteiger partial charge in [-0.25, -0.2) is 26.3 Å². The maximum Gasteiger partial charge on any atom is 0.226 e. The zero-order valence-corrected chi connectivity index (χ0v) is 18.5. The highest BCUT2D eigenvalue weighted by Gasteiger charge is 2.47. The second-order valence-electron chi connectivity index (χ2n) is 8.62. The molecule has 0 spiro atoms. The molecular weight excluding hydrogens is 441 g/mol. The Bertz CT molecular complexity index is 1120. The summed E-state index contributed by atoms with van der Waals surface area (Å²) >= 11 is 0. The Morgan fingerprint density at radius 1 is 1.06 bits per heavy atom. The van der Waals surface area contributed by atoms with Crippen LogP contribution in [0.3, 0.4) is 0 Å². The van der Waals surface area contributed by atoms with E-state index < -0.39 is 27.5 Å². The third-order valence-electron chi connectivity index (χ3n) is 6.17. The lowest BCUT2D eigenvalue weighted by Crippen LogP contribution is -2.36. The molecule has 2 aromatic rings. The van der Waals surface area contributed by atoms with E-state index in [9.17, 15) is 26.4 Å². The first-order chi connectivity index (χ1) is 15.1. The molecular formula is C23H25F3N2O3S. The molecule has 2 aliphatic rings. The Morgan fingerprint density at radius 2 is 1.78 bits per heavy atom. The summed E-state index contributed by atoms with van der Waals surface area (Å²) in [4.78, 5) is 14.8. The van der Waals surface area contributed by atoms with Crippen LogP contribution in [0, 0.1) is 23.4 Å². The Balaban J connectivity index is 1.51. The monoisotopic (exact) mass is 466 g/mol. The number of benzene rings is 2. The van der Waals surface area contributed by atoms with Gasteiger partial charge in [0.25, 0.3) is 0 Å². The molecule has 5 nitrogen and oxygen atoms in total. The van der Waals surface area contributed by atoms with Gasteiger partial charge < -0.3 is 4.90 Å². The first kappa shape index (κ1) is 22.8. The number of rotatable bonds is 5. The van der Waals surface area contributed by atoms with Gasteiger partial charge in [-0.05, 0) is 67.0 Å². The molecule has 4 rings (SSSR count). The average Bonchev–Trinajstić information content (AvgIpc) is 3.52. The molecule has 0 bridgehead atoms. The summed E-state index contributed by atoms with van der Waals surface area (Å²) in [7, 11) is -3.32. The lowest BCUT2D eigenvalue weighted by molar-refractivity contribution is -0.132. The van der Waals surface area contributed by atoms with Crippen molar-refractivity contribution < 1.29 is 26.4 Å². The van der Waals surface area contributed by atoms with Crippen LogP contribution in [0.2, 0.25) is 0 Å².